The van der Waals surface area contributed by atoms with Crippen molar-refractivity contribution in [2.24, 2.45) is 5.92 Å². The maximum Gasteiger partial charge on any atom is 0.237 e. The highest BCUT2D eigenvalue weighted by molar-refractivity contribution is 9.11. The van der Waals surface area contributed by atoms with Crippen LogP contribution in [-0.4, -0.2) is 25.0 Å². The van der Waals surface area contributed by atoms with Crippen molar-refractivity contribution in [3.63, 3.8) is 0 Å². The molecule has 1 aliphatic heterocycles. The van der Waals surface area contributed by atoms with E-state index in [9.17, 15) is 4.79 Å². The van der Waals surface area contributed by atoms with Gasteiger partial charge >= 0.3 is 0 Å². The first-order chi connectivity index (χ1) is 8.16. The normalized spacial score (nSPS) is 23.9. The number of nitrogens with one attached hydrogen (secondary N) is 2. The van der Waals surface area contributed by atoms with E-state index in [2.05, 4.69) is 39.6 Å². The van der Waals surface area contributed by atoms with Gasteiger partial charge in [-0.05, 0) is 53.4 Å². The van der Waals surface area contributed by atoms with Gasteiger partial charge in [-0.1, -0.05) is 6.92 Å². The van der Waals surface area contributed by atoms with Crippen LogP contribution in [0.1, 0.15) is 18.2 Å². The number of hydrogen-bond donors (Lipinski definition) is 2. The summed E-state index contributed by atoms with van der Waals surface area (Å²) >= 11 is 5.16. The molecule has 94 valence electrons. The summed E-state index contributed by atoms with van der Waals surface area (Å²) < 4.78 is 1.14. The van der Waals surface area contributed by atoms with E-state index in [0.717, 1.165) is 29.7 Å². The Bertz CT molecular complexity index is 394. The fraction of sp³-hybridized carbons (Fsp3) is 0.583. The van der Waals surface area contributed by atoms with E-state index in [1.165, 1.54) is 4.88 Å². The van der Waals surface area contributed by atoms with Crippen molar-refractivity contribution in [1.82, 2.24) is 10.6 Å². The van der Waals surface area contributed by atoms with Crippen molar-refractivity contribution in [2.45, 2.75) is 25.8 Å². The molecule has 0 radical (unpaired) electrons. The smallest absolute Gasteiger partial charge is 0.237 e. The third-order valence-electron chi connectivity index (χ3n) is 3.11. The fourth-order valence-corrected chi connectivity index (χ4v) is 3.57. The average Bonchev–Trinajstić information content (AvgIpc) is 2.87. The Kier molecular flexibility index (Phi) is 4.59. The molecular weight excluding hydrogens is 300 g/mol. The molecule has 1 aromatic heterocycles. The number of carbonyl (C=O) groups is 1. The lowest BCUT2D eigenvalue weighted by Crippen LogP contribution is -2.43. The van der Waals surface area contributed by atoms with Crippen LogP contribution in [0.5, 0.6) is 0 Å². The first-order valence-corrected chi connectivity index (χ1v) is 7.53. The molecule has 0 aromatic carbocycles. The van der Waals surface area contributed by atoms with Crippen LogP contribution in [0, 0.1) is 5.92 Å². The lowest BCUT2D eigenvalue weighted by molar-refractivity contribution is -0.123. The molecule has 1 fully saturated rings. The summed E-state index contributed by atoms with van der Waals surface area (Å²) in [6, 6.07) is 4.14. The first kappa shape index (κ1) is 13.1. The molecule has 2 rings (SSSR count). The number of carbonyl (C=O) groups excluding carboxylic acids is 1. The Morgan fingerprint density at radius 2 is 2.47 bits per heavy atom. The second kappa shape index (κ2) is 5.98. The third-order valence-corrected chi connectivity index (χ3v) is 4.80. The van der Waals surface area contributed by atoms with Crippen molar-refractivity contribution >= 4 is 33.2 Å². The molecule has 2 unspecified atom stereocenters. The second-order valence-electron chi connectivity index (χ2n) is 4.44. The molecule has 2 N–H and O–H groups in total. The van der Waals surface area contributed by atoms with E-state index in [1.807, 2.05) is 6.07 Å². The standard InChI is InChI=1S/C12H17BrN2OS/c1-8-4-6-14-11(8)12(16)15-7-5-9-2-3-10(13)17-9/h2-3,8,11,14H,4-7H2,1H3,(H,15,16). The van der Waals surface area contributed by atoms with Gasteiger partial charge in [0.05, 0.1) is 9.83 Å². The summed E-state index contributed by atoms with van der Waals surface area (Å²) in [6.45, 7) is 3.80. The summed E-state index contributed by atoms with van der Waals surface area (Å²) in [5, 5.41) is 6.24. The predicted octanol–water partition coefficient (Wildman–Crippen LogP) is 2.17. The minimum atomic E-state index is 0.00470. The maximum absolute atomic E-state index is 11.9. The monoisotopic (exact) mass is 316 g/mol. The first-order valence-electron chi connectivity index (χ1n) is 5.92. The van der Waals surface area contributed by atoms with Gasteiger partial charge in [-0.15, -0.1) is 11.3 Å². The molecule has 0 spiro atoms. The zero-order valence-electron chi connectivity index (χ0n) is 9.83. The highest BCUT2D eigenvalue weighted by atomic mass is 79.9. The Morgan fingerprint density at radius 1 is 1.65 bits per heavy atom. The van der Waals surface area contributed by atoms with Crippen LogP contribution in [0.25, 0.3) is 0 Å². The molecule has 2 heterocycles. The molecular formula is C12H17BrN2OS. The topological polar surface area (TPSA) is 41.1 Å². The van der Waals surface area contributed by atoms with Crippen LogP contribution in [0.4, 0.5) is 0 Å². The minimum absolute atomic E-state index is 0.00470. The van der Waals surface area contributed by atoms with Gasteiger partial charge in [0.1, 0.15) is 0 Å². The average molecular weight is 317 g/mol. The van der Waals surface area contributed by atoms with Gasteiger partial charge in [0.25, 0.3) is 0 Å². The second-order valence-corrected chi connectivity index (χ2v) is 6.99. The molecule has 1 aromatic rings. The van der Waals surface area contributed by atoms with Crippen LogP contribution in [0.3, 0.4) is 0 Å². The highest BCUT2D eigenvalue weighted by Crippen LogP contribution is 2.22. The van der Waals surface area contributed by atoms with E-state index in [1.54, 1.807) is 11.3 Å². The van der Waals surface area contributed by atoms with E-state index < -0.39 is 0 Å². The molecule has 1 aliphatic rings. The van der Waals surface area contributed by atoms with Crippen molar-refractivity contribution < 1.29 is 4.79 Å². The van der Waals surface area contributed by atoms with Crippen molar-refractivity contribution in [1.29, 1.82) is 0 Å². The Morgan fingerprint density at radius 3 is 3.06 bits per heavy atom. The van der Waals surface area contributed by atoms with Gasteiger partial charge < -0.3 is 10.6 Å². The van der Waals surface area contributed by atoms with Crippen molar-refractivity contribution in [3.05, 3.63) is 20.8 Å². The van der Waals surface area contributed by atoms with Gasteiger partial charge in [-0.25, -0.2) is 0 Å². The fourth-order valence-electron chi connectivity index (χ4n) is 2.09. The van der Waals surface area contributed by atoms with Crippen LogP contribution >= 0.6 is 27.3 Å². The molecule has 2 atom stereocenters. The molecule has 0 aliphatic carbocycles. The van der Waals surface area contributed by atoms with Crippen LogP contribution in [0.15, 0.2) is 15.9 Å². The molecule has 1 saturated heterocycles. The number of hydrogen-bond acceptors (Lipinski definition) is 3. The van der Waals surface area contributed by atoms with Crippen LogP contribution < -0.4 is 10.6 Å². The van der Waals surface area contributed by atoms with Crippen molar-refractivity contribution in [3.8, 4) is 0 Å². The van der Waals surface area contributed by atoms with Crippen LogP contribution in [-0.2, 0) is 11.2 Å². The molecule has 0 saturated carbocycles. The van der Waals surface area contributed by atoms with E-state index in [4.69, 9.17) is 0 Å². The Hall–Kier alpha value is -0.390. The quantitative estimate of drug-likeness (QED) is 0.894. The molecule has 0 bridgehead atoms. The van der Waals surface area contributed by atoms with Gasteiger partial charge in [0, 0.05) is 11.4 Å². The summed E-state index contributed by atoms with van der Waals surface area (Å²) in [4.78, 5) is 13.2. The minimum Gasteiger partial charge on any atom is -0.354 e. The van der Waals surface area contributed by atoms with Gasteiger partial charge in [0.15, 0.2) is 0 Å². The Balaban J connectivity index is 1.73. The zero-order valence-corrected chi connectivity index (χ0v) is 12.2. The summed E-state index contributed by atoms with van der Waals surface area (Å²) in [6.07, 6.45) is 2.00. The van der Waals surface area contributed by atoms with Crippen LogP contribution in [0.2, 0.25) is 0 Å². The molecule has 17 heavy (non-hydrogen) atoms. The highest BCUT2D eigenvalue weighted by Gasteiger charge is 2.28. The lowest BCUT2D eigenvalue weighted by Gasteiger charge is -2.15. The number of amides is 1. The summed E-state index contributed by atoms with van der Waals surface area (Å²) in [7, 11) is 0. The molecule has 1 amide bonds. The van der Waals surface area contributed by atoms with Gasteiger partial charge in [0.2, 0.25) is 5.91 Å². The summed E-state index contributed by atoms with van der Waals surface area (Å²) in [5.74, 6) is 0.594. The third kappa shape index (κ3) is 3.53. The SMILES string of the molecule is CC1CCNC1C(=O)NCCc1ccc(Br)s1. The van der Waals surface area contributed by atoms with Gasteiger partial charge in [-0.3, -0.25) is 4.79 Å². The largest absolute Gasteiger partial charge is 0.354 e. The maximum atomic E-state index is 11.9. The number of thiophene rings is 1. The predicted molar refractivity (Wildman–Crippen MR) is 74.3 cm³/mol. The lowest BCUT2D eigenvalue weighted by atomic mass is 10.0. The number of halogens is 1. The zero-order chi connectivity index (χ0) is 12.3. The van der Waals surface area contributed by atoms with E-state index in [0.29, 0.717) is 5.92 Å². The van der Waals surface area contributed by atoms with Gasteiger partial charge in [-0.2, -0.15) is 0 Å². The Labute approximate surface area is 114 Å². The van der Waals surface area contributed by atoms with E-state index in [-0.39, 0.29) is 11.9 Å². The molecule has 5 heteroatoms. The number of rotatable bonds is 4. The molecule has 3 nitrogen and oxygen atoms in total. The van der Waals surface area contributed by atoms with Crippen molar-refractivity contribution in [2.75, 3.05) is 13.1 Å². The van der Waals surface area contributed by atoms with E-state index >= 15 is 0 Å². The summed E-state index contributed by atoms with van der Waals surface area (Å²) in [5.41, 5.74) is 0.